The van der Waals surface area contributed by atoms with Crippen molar-refractivity contribution in [2.75, 3.05) is 11.4 Å². The number of H-pyrrole nitrogens is 1. The van der Waals surface area contributed by atoms with Crippen molar-refractivity contribution < 1.29 is 22.8 Å². The molecule has 0 unspecified atom stereocenters. The van der Waals surface area contributed by atoms with Crippen LogP contribution in [0.3, 0.4) is 0 Å². The van der Waals surface area contributed by atoms with Crippen molar-refractivity contribution in [2.24, 2.45) is 0 Å². The lowest BCUT2D eigenvalue weighted by Gasteiger charge is -2.19. The molecule has 1 amide bonds. The second-order valence-electron chi connectivity index (χ2n) is 6.44. The molecule has 27 heavy (non-hydrogen) atoms. The van der Waals surface area contributed by atoms with Crippen LogP contribution in [0.5, 0.6) is 0 Å². The fraction of sp³-hybridized carbons (Fsp3) is 0.211. The van der Waals surface area contributed by atoms with Crippen molar-refractivity contribution in [3.63, 3.8) is 0 Å². The Balaban J connectivity index is 2.09. The zero-order chi connectivity index (χ0) is 19.5. The molecule has 0 atom stereocenters. The molecule has 0 spiro atoms. The zero-order valence-corrected chi connectivity index (χ0v) is 14.4. The number of nitrogens with zero attached hydrogens (tertiary/aromatic N) is 2. The first-order valence-electron chi connectivity index (χ1n) is 8.28. The van der Waals surface area contributed by atoms with Crippen LogP contribution in [0.1, 0.15) is 28.4 Å². The molecule has 5 nitrogen and oxygen atoms in total. The summed E-state index contributed by atoms with van der Waals surface area (Å²) in [5.41, 5.74) is 1.32. The summed E-state index contributed by atoms with van der Waals surface area (Å²) in [5.74, 6) is -1.32. The second kappa shape index (κ2) is 5.67. The normalized spacial score (nSPS) is 14.3. The average Bonchev–Trinajstić information content (AvgIpc) is 3.17. The maximum absolute atomic E-state index is 13.4. The lowest BCUT2D eigenvalue weighted by atomic mass is 9.93. The van der Waals surface area contributed by atoms with E-state index in [9.17, 15) is 22.8 Å². The number of carbonyl (C=O) groups is 2. The number of alkyl halides is 3. The lowest BCUT2D eigenvalue weighted by Crippen LogP contribution is -2.29. The largest absolute Gasteiger partial charge is 0.416 e. The van der Waals surface area contributed by atoms with Crippen molar-refractivity contribution in [3.8, 4) is 11.1 Å². The van der Waals surface area contributed by atoms with E-state index in [0.29, 0.717) is 22.2 Å². The standard InChI is InChI=1S/C19H14F3N3O2/c1-3-25-16-12(4-9(2)5-13(16)17(26)18(25)27)11-6-10(19(20,21)22)7-15-14(11)8-23-24-15/h4-8H,3H2,1-2H3,(H,23,24). The number of hydrogen-bond acceptors (Lipinski definition) is 3. The van der Waals surface area contributed by atoms with Crippen molar-refractivity contribution in [3.05, 3.63) is 47.2 Å². The Bertz CT molecular complexity index is 1120. The molecule has 0 aliphatic carbocycles. The maximum atomic E-state index is 13.4. The van der Waals surface area contributed by atoms with Crippen molar-refractivity contribution in [1.29, 1.82) is 0 Å². The van der Waals surface area contributed by atoms with Crippen LogP contribution in [0.25, 0.3) is 22.0 Å². The Kier molecular flexibility index (Phi) is 3.62. The van der Waals surface area contributed by atoms with Crippen LogP contribution >= 0.6 is 0 Å². The number of aryl methyl sites for hydroxylation is 1. The lowest BCUT2D eigenvalue weighted by molar-refractivity contribution is -0.137. The van der Waals surface area contributed by atoms with Gasteiger partial charge in [-0.2, -0.15) is 18.3 Å². The first-order valence-corrected chi connectivity index (χ1v) is 8.28. The molecular weight excluding hydrogens is 359 g/mol. The monoisotopic (exact) mass is 373 g/mol. The summed E-state index contributed by atoms with van der Waals surface area (Å²) in [4.78, 5) is 26.0. The smallest absolute Gasteiger partial charge is 0.304 e. The van der Waals surface area contributed by atoms with Crippen LogP contribution in [0, 0.1) is 6.92 Å². The molecule has 0 saturated carbocycles. The van der Waals surface area contributed by atoms with E-state index in [-0.39, 0.29) is 23.2 Å². The number of aromatic nitrogens is 2. The van der Waals surface area contributed by atoms with Gasteiger partial charge in [-0.05, 0) is 49.2 Å². The molecule has 4 rings (SSSR count). The first-order chi connectivity index (χ1) is 12.7. The number of likely N-dealkylation sites (N-methyl/N-ethyl adjacent to an activating group) is 1. The number of fused-ring (bicyclic) bond motifs is 2. The molecule has 2 heterocycles. The number of Topliss-reactive ketones (excluding diaryl/α,β-unsaturated/α-hetero) is 1. The van der Waals surface area contributed by atoms with Gasteiger partial charge in [0.05, 0.1) is 28.5 Å². The third-order valence-corrected chi connectivity index (χ3v) is 4.70. The number of carbonyl (C=O) groups excluding carboxylic acids is 2. The summed E-state index contributed by atoms with van der Waals surface area (Å²) >= 11 is 0. The Labute approximate surface area is 151 Å². The summed E-state index contributed by atoms with van der Waals surface area (Å²) < 4.78 is 40.2. The quantitative estimate of drug-likeness (QED) is 0.688. The highest BCUT2D eigenvalue weighted by atomic mass is 19.4. The molecule has 0 saturated heterocycles. The Hall–Kier alpha value is -3.16. The summed E-state index contributed by atoms with van der Waals surface area (Å²) in [6, 6.07) is 5.31. The van der Waals surface area contributed by atoms with Crippen LogP contribution in [0.2, 0.25) is 0 Å². The summed E-state index contributed by atoms with van der Waals surface area (Å²) in [7, 11) is 0. The highest BCUT2D eigenvalue weighted by Crippen LogP contribution is 2.44. The molecule has 0 bridgehead atoms. The minimum Gasteiger partial charge on any atom is -0.304 e. The van der Waals surface area contributed by atoms with Gasteiger partial charge in [0.25, 0.3) is 11.7 Å². The first kappa shape index (κ1) is 17.3. The van der Waals surface area contributed by atoms with Gasteiger partial charge in [-0.3, -0.25) is 14.7 Å². The van der Waals surface area contributed by atoms with Gasteiger partial charge in [0.15, 0.2) is 0 Å². The van der Waals surface area contributed by atoms with E-state index >= 15 is 0 Å². The number of aromatic amines is 1. The van der Waals surface area contributed by atoms with Gasteiger partial charge in [-0.25, -0.2) is 0 Å². The van der Waals surface area contributed by atoms with Gasteiger partial charge in [0.1, 0.15) is 0 Å². The maximum Gasteiger partial charge on any atom is 0.416 e. The molecule has 8 heteroatoms. The van der Waals surface area contributed by atoms with E-state index in [0.717, 1.165) is 12.1 Å². The van der Waals surface area contributed by atoms with E-state index in [1.165, 1.54) is 11.1 Å². The number of halogens is 3. The predicted octanol–water partition coefficient (Wildman–Crippen LogP) is 4.11. The van der Waals surface area contributed by atoms with E-state index in [2.05, 4.69) is 10.2 Å². The molecule has 1 N–H and O–H groups in total. The van der Waals surface area contributed by atoms with Crippen LogP contribution in [0.15, 0.2) is 30.5 Å². The highest BCUT2D eigenvalue weighted by molar-refractivity contribution is 6.53. The number of nitrogens with one attached hydrogen (secondary N) is 1. The van der Waals surface area contributed by atoms with E-state index in [1.54, 1.807) is 26.0 Å². The van der Waals surface area contributed by atoms with Crippen molar-refractivity contribution in [1.82, 2.24) is 10.2 Å². The van der Waals surface area contributed by atoms with Crippen LogP contribution in [0.4, 0.5) is 18.9 Å². The SMILES string of the molecule is CCN1C(=O)C(=O)c2cc(C)cc(-c3cc(C(F)(F)F)cc4[nH]ncc34)c21. The minimum absolute atomic E-state index is 0.214. The summed E-state index contributed by atoms with van der Waals surface area (Å²) in [5, 5.41) is 6.91. The average molecular weight is 373 g/mol. The van der Waals surface area contributed by atoms with Gasteiger partial charge in [-0.15, -0.1) is 0 Å². The predicted molar refractivity (Wildman–Crippen MR) is 93.6 cm³/mol. The molecular formula is C19H14F3N3O2. The summed E-state index contributed by atoms with van der Waals surface area (Å²) in [6.45, 7) is 3.68. The molecule has 0 fully saturated rings. The number of anilines is 1. The van der Waals surface area contributed by atoms with Crippen molar-refractivity contribution >= 4 is 28.3 Å². The van der Waals surface area contributed by atoms with Crippen molar-refractivity contribution in [2.45, 2.75) is 20.0 Å². The number of benzene rings is 2. The Morgan fingerprint density at radius 1 is 1.07 bits per heavy atom. The number of rotatable bonds is 2. The number of ketones is 1. The molecule has 1 aliphatic heterocycles. The van der Waals surface area contributed by atoms with E-state index in [4.69, 9.17) is 0 Å². The van der Waals surface area contributed by atoms with Gasteiger partial charge < -0.3 is 4.90 Å². The fourth-order valence-corrected chi connectivity index (χ4v) is 3.53. The van der Waals surface area contributed by atoms with E-state index < -0.39 is 23.4 Å². The fourth-order valence-electron chi connectivity index (χ4n) is 3.53. The molecule has 1 aliphatic rings. The molecule has 0 radical (unpaired) electrons. The van der Waals surface area contributed by atoms with Gasteiger partial charge in [0.2, 0.25) is 0 Å². The molecule has 1 aromatic heterocycles. The van der Waals surface area contributed by atoms with Crippen LogP contribution in [-0.4, -0.2) is 28.4 Å². The number of hydrogen-bond donors (Lipinski definition) is 1. The van der Waals surface area contributed by atoms with Crippen LogP contribution in [-0.2, 0) is 11.0 Å². The van der Waals surface area contributed by atoms with Gasteiger partial charge >= 0.3 is 6.18 Å². The summed E-state index contributed by atoms with van der Waals surface area (Å²) in [6.07, 6.45) is -3.11. The number of amides is 1. The second-order valence-corrected chi connectivity index (χ2v) is 6.44. The molecule has 2 aromatic carbocycles. The molecule has 3 aromatic rings. The third-order valence-electron chi connectivity index (χ3n) is 4.70. The Morgan fingerprint density at radius 3 is 2.44 bits per heavy atom. The molecule has 138 valence electrons. The van der Waals surface area contributed by atoms with E-state index in [1.807, 2.05) is 0 Å². The topological polar surface area (TPSA) is 66.1 Å². The highest BCUT2D eigenvalue weighted by Gasteiger charge is 2.38. The Morgan fingerprint density at radius 2 is 1.78 bits per heavy atom. The van der Waals surface area contributed by atoms with Gasteiger partial charge in [-0.1, -0.05) is 0 Å². The minimum atomic E-state index is -4.54. The third kappa shape index (κ3) is 2.51. The van der Waals surface area contributed by atoms with Crippen LogP contribution < -0.4 is 4.90 Å². The van der Waals surface area contributed by atoms with Gasteiger partial charge in [0, 0.05) is 17.5 Å². The zero-order valence-electron chi connectivity index (χ0n) is 14.4.